The molecule has 1 aromatic heterocycles. The van der Waals surface area contributed by atoms with E-state index in [9.17, 15) is 0 Å². The number of methoxy groups -OCH3 is 1. The van der Waals surface area contributed by atoms with Gasteiger partial charge in [0.05, 0.1) is 18.8 Å². The number of aromatic nitrogens is 1. The minimum Gasteiger partial charge on any atom is -0.493 e. The molecule has 28 heavy (non-hydrogen) atoms. The van der Waals surface area contributed by atoms with Crippen LogP contribution in [0.25, 0.3) is 0 Å². The van der Waals surface area contributed by atoms with Crippen molar-refractivity contribution in [3.8, 4) is 5.75 Å². The summed E-state index contributed by atoms with van der Waals surface area (Å²) in [5, 5.41) is 6.47. The van der Waals surface area contributed by atoms with Gasteiger partial charge in [0, 0.05) is 33.1 Å². The van der Waals surface area contributed by atoms with Gasteiger partial charge in [-0.25, -0.2) is 4.98 Å². The van der Waals surface area contributed by atoms with E-state index in [1.807, 2.05) is 14.0 Å². The molecule has 7 heteroatoms. The van der Waals surface area contributed by atoms with Crippen LogP contribution in [0.4, 0.5) is 0 Å². The van der Waals surface area contributed by atoms with Gasteiger partial charge in [-0.05, 0) is 38.3 Å². The third-order valence-corrected chi connectivity index (χ3v) is 5.56. The molecule has 0 amide bonds. The van der Waals surface area contributed by atoms with Crippen molar-refractivity contribution in [2.75, 3.05) is 34.4 Å². The first-order valence-corrected chi connectivity index (χ1v) is 10.4. The minimum absolute atomic E-state index is 0.0263. The molecule has 1 aromatic carbocycles. The Hall–Kier alpha value is -2.12. The van der Waals surface area contributed by atoms with Crippen molar-refractivity contribution in [3.63, 3.8) is 0 Å². The second-order valence-corrected chi connectivity index (χ2v) is 7.70. The van der Waals surface area contributed by atoms with Crippen molar-refractivity contribution >= 4 is 17.3 Å². The molecule has 1 atom stereocenters. The average molecular weight is 405 g/mol. The number of hydrogen-bond donors (Lipinski definition) is 1. The number of ether oxygens (including phenoxy) is 2. The fraction of sp³-hybridized carbons (Fsp3) is 0.524. The third kappa shape index (κ3) is 6.21. The van der Waals surface area contributed by atoms with Crippen LogP contribution in [0.1, 0.15) is 41.3 Å². The van der Waals surface area contributed by atoms with E-state index in [1.54, 1.807) is 25.5 Å². The molecule has 1 heterocycles. The number of hydrogen-bond acceptors (Lipinski definition) is 5. The number of guanidine groups is 1. The number of thiazole rings is 1. The zero-order valence-electron chi connectivity index (χ0n) is 17.8. The summed E-state index contributed by atoms with van der Waals surface area (Å²) in [6, 6.07) is 6.21. The molecule has 0 spiro atoms. The highest BCUT2D eigenvalue weighted by Gasteiger charge is 2.12. The van der Waals surface area contributed by atoms with Gasteiger partial charge in [-0.2, -0.15) is 0 Å². The first kappa shape index (κ1) is 22.2. The van der Waals surface area contributed by atoms with Gasteiger partial charge in [-0.15, -0.1) is 11.3 Å². The lowest BCUT2D eigenvalue weighted by molar-refractivity contribution is 0.119. The lowest BCUT2D eigenvalue weighted by Crippen LogP contribution is -2.39. The van der Waals surface area contributed by atoms with E-state index in [1.165, 1.54) is 11.1 Å². The smallest absolute Gasteiger partial charge is 0.193 e. The molecule has 2 aromatic rings. The van der Waals surface area contributed by atoms with Gasteiger partial charge >= 0.3 is 0 Å². The van der Waals surface area contributed by atoms with E-state index in [0.29, 0.717) is 13.2 Å². The molecule has 0 radical (unpaired) electrons. The molecule has 1 N–H and O–H groups in total. The molecular formula is C21H32N4O2S. The summed E-state index contributed by atoms with van der Waals surface area (Å²) in [5.41, 5.74) is 3.37. The van der Waals surface area contributed by atoms with Crippen LogP contribution in [0, 0.1) is 13.8 Å². The predicted molar refractivity (Wildman–Crippen MR) is 116 cm³/mol. The summed E-state index contributed by atoms with van der Waals surface area (Å²) >= 11 is 1.63. The highest BCUT2D eigenvalue weighted by Crippen LogP contribution is 2.22. The summed E-state index contributed by atoms with van der Waals surface area (Å²) in [4.78, 5) is 11.1. The predicted octanol–water partition coefficient (Wildman–Crippen LogP) is 3.94. The van der Waals surface area contributed by atoms with Gasteiger partial charge in [0.1, 0.15) is 16.9 Å². The number of rotatable bonds is 9. The van der Waals surface area contributed by atoms with Gasteiger partial charge in [-0.3, -0.25) is 4.99 Å². The Kier molecular flexibility index (Phi) is 8.73. The third-order valence-electron chi connectivity index (χ3n) is 4.50. The Balaban J connectivity index is 1.76. The van der Waals surface area contributed by atoms with Crippen LogP contribution in [-0.4, -0.2) is 50.2 Å². The summed E-state index contributed by atoms with van der Waals surface area (Å²) in [7, 11) is 5.51. The first-order valence-electron chi connectivity index (χ1n) is 9.54. The van der Waals surface area contributed by atoms with Crippen molar-refractivity contribution in [1.82, 2.24) is 15.2 Å². The second-order valence-electron chi connectivity index (χ2n) is 6.81. The minimum atomic E-state index is 0.0263. The van der Waals surface area contributed by atoms with Crippen LogP contribution in [0.5, 0.6) is 5.75 Å². The van der Waals surface area contributed by atoms with Crippen LogP contribution in [0.2, 0.25) is 0 Å². The molecule has 0 aliphatic carbocycles. The van der Waals surface area contributed by atoms with Gasteiger partial charge in [0.25, 0.3) is 0 Å². The number of para-hydroxylation sites is 1. The Bertz CT molecular complexity index is 755. The van der Waals surface area contributed by atoms with E-state index in [-0.39, 0.29) is 6.10 Å². The second kappa shape index (κ2) is 11.0. The largest absolute Gasteiger partial charge is 0.493 e. The molecule has 0 saturated heterocycles. The first-order chi connectivity index (χ1) is 13.5. The van der Waals surface area contributed by atoms with Crippen molar-refractivity contribution in [2.24, 2.45) is 4.99 Å². The molecule has 1 unspecified atom stereocenters. The van der Waals surface area contributed by atoms with Crippen LogP contribution >= 0.6 is 11.3 Å². The fourth-order valence-corrected chi connectivity index (χ4v) is 3.70. The molecule has 0 saturated carbocycles. The summed E-state index contributed by atoms with van der Waals surface area (Å²) < 4.78 is 11.3. The molecule has 0 aliphatic heterocycles. The molecule has 0 bridgehead atoms. The van der Waals surface area contributed by atoms with Crippen LogP contribution < -0.4 is 10.1 Å². The molecular weight excluding hydrogens is 372 g/mol. The topological polar surface area (TPSA) is 59.0 Å². The Labute approximate surface area is 172 Å². The summed E-state index contributed by atoms with van der Waals surface area (Å²) in [6.45, 7) is 8.33. The molecule has 154 valence electrons. The van der Waals surface area contributed by atoms with Gasteiger partial charge < -0.3 is 19.7 Å². The molecule has 2 rings (SSSR count). The van der Waals surface area contributed by atoms with Crippen molar-refractivity contribution in [2.45, 2.75) is 39.8 Å². The van der Waals surface area contributed by atoms with Gasteiger partial charge in [-0.1, -0.05) is 18.2 Å². The SMILES string of the molecule is CN=C(NCCCOc1c(C)cccc1C)N(C)Cc1csc(C(C)OC)n1. The van der Waals surface area contributed by atoms with E-state index >= 15 is 0 Å². The standard InChI is InChI=1S/C21H32N4O2S/c1-15-9-7-10-16(2)19(15)27-12-8-11-23-21(22-4)25(5)13-18-14-28-20(24-18)17(3)26-6/h7,9-10,14,17H,8,11-13H2,1-6H3,(H,22,23). The number of benzene rings is 1. The maximum absolute atomic E-state index is 5.96. The zero-order valence-corrected chi connectivity index (χ0v) is 18.6. The van der Waals surface area contributed by atoms with Crippen molar-refractivity contribution in [3.05, 3.63) is 45.4 Å². The summed E-state index contributed by atoms with van der Waals surface area (Å²) in [5.74, 6) is 1.84. The van der Waals surface area contributed by atoms with Crippen molar-refractivity contribution in [1.29, 1.82) is 0 Å². The Morgan fingerprint density at radius 1 is 1.32 bits per heavy atom. The van der Waals surface area contributed by atoms with E-state index in [0.717, 1.165) is 35.4 Å². The zero-order chi connectivity index (χ0) is 20.5. The lowest BCUT2D eigenvalue weighted by Gasteiger charge is -2.21. The van der Waals surface area contributed by atoms with E-state index < -0.39 is 0 Å². The van der Waals surface area contributed by atoms with Crippen LogP contribution in [0.3, 0.4) is 0 Å². The summed E-state index contributed by atoms with van der Waals surface area (Å²) in [6.07, 6.45) is 0.922. The average Bonchev–Trinajstić information content (AvgIpc) is 3.14. The van der Waals surface area contributed by atoms with Crippen molar-refractivity contribution < 1.29 is 9.47 Å². The number of nitrogens with zero attached hydrogens (tertiary/aromatic N) is 3. The number of aryl methyl sites for hydroxylation is 2. The monoisotopic (exact) mass is 404 g/mol. The molecule has 0 fully saturated rings. The van der Waals surface area contributed by atoms with Gasteiger partial charge in [0.15, 0.2) is 5.96 Å². The molecule has 0 aliphatic rings. The van der Waals surface area contributed by atoms with Gasteiger partial charge in [0.2, 0.25) is 0 Å². The Morgan fingerprint density at radius 3 is 2.68 bits per heavy atom. The lowest BCUT2D eigenvalue weighted by atomic mass is 10.1. The number of aliphatic imine (C=N–C) groups is 1. The quantitative estimate of drug-likeness (QED) is 0.390. The van der Waals surface area contributed by atoms with Crippen LogP contribution in [-0.2, 0) is 11.3 Å². The van der Waals surface area contributed by atoms with E-state index in [4.69, 9.17) is 9.47 Å². The maximum Gasteiger partial charge on any atom is 0.193 e. The highest BCUT2D eigenvalue weighted by atomic mass is 32.1. The highest BCUT2D eigenvalue weighted by molar-refractivity contribution is 7.09. The fourth-order valence-electron chi connectivity index (χ4n) is 2.86. The maximum atomic E-state index is 5.96. The van der Waals surface area contributed by atoms with E-state index in [2.05, 4.69) is 57.6 Å². The number of nitrogens with one attached hydrogen (secondary N) is 1. The normalized spacial score (nSPS) is 12.7. The molecule has 6 nitrogen and oxygen atoms in total. The Morgan fingerprint density at radius 2 is 2.04 bits per heavy atom. The van der Waals surface area contributed by atoms with Crippen LogP contribution in [0.15, 0.2) is 28.6 Å².